The number of nitrogens with one attached hydrogen (secondary N) is 3. The van der Waals surface area contributed by atoms with Gasteiger partial charge in [0.1, 0.15) is 12.4 Å². The Hall–Kier alpha value is -5.08. The molecule has 0 bridgehead atoms. The molecule has 0 radical (unpaired) electrons. The summed E-state index contributed by atoms with van der Waals surface area (Å²) in [6, 6.07) is 11.6. The molecule has 2 fully saturated rings. The molecule has 1 aromatic carbocycles. The van der Waals surface area contributed by atoms with Crippen LogP contribution in [0.2, 0.25) is 0 Å². The highest BCUT2D eigenvalue weighted by molar-refractivity contribution is 7.22. The molecule has 4 aromatic rings. The van der Waals surface area contributed by atoms with Gasteiger partial charge in [-0.3, -0.25) is 14.9 Å². The van der Waals surface area contributed by atoms with E-state index in [1.807, 2.05) is 24.4 Å². The van der Waals surface area contributed by atoms with Crippen LogP contribution < -0.4 is 20.7 Å². The van der Waals surface area contributed by atoms with Crippen molar-refractivity contribution in [2.45, 2.75) is 32.4 Å². The number of hydrogen-bond acceptors (Lipinski definition) is 9. The maximum atomic E-state index is 14.9. The number of amides is 4. The van der Waals surface area contributed by atoms with Crippen LogP contribution >= 0.6 is 11.3 Å². The van der Waals surface area contributed by atoms with Crippen molar-refractivity contribution >= 4 is 45.3 Å². The minimum atomic E-state index is -0.596. The summed E-state index contributed by atoms with van der Waals surface area (Å²) in [6.07, 6.45) is 5.40. The Balaban J connectivity index is 1.01. The van der Waals surface area contributed by atoms with Gasteiger partial charge >= 0.3 is 18.0 Å². The van der Waals surface area contributed by atoms with E-state index in [0.717, 1.165) is 46.8 Å². The number of carbonyl (C=O) groups is 3. The molecule has 48 heavy (non-hydrogen) atoms. The van der Waals surface area contributed by atoms with Gasteiger partial charge in [-0.1, -0.05) is 12.6 Å². The van der Waals surface area contributed by atoms with Crippen LogP contribution in [0.5, 0.6) is 11.5 Å². The monoisotopic (exact) mass is 673 g/mol. The fourth-order valence-electron chi connectivity index (χ4n) is 5.05. The van der Waals surface area contributed by atoms with Crippen LogP contribution in [0.3, 0.4) is 0 Å². The van der Waals surface area contributed by atoms with Gasteiger partial charge in [0.25, 0.3) is 0 Å². The fourth-order valence-corrected chi connectivity index (χ4v) is 6.09. The molecular weight excluding hydrogens is 637 g/mol. The lowest BCUT2D eigenvalue weighted by molar-refractivity contribution is -0.138. The van der Waals surface area contributed by atoms with Gasteiger partial charge in [0.15, 0.2) is 11.6 Å². The lowest BCUT2D eigenvalue weighted by Gasteiger charge is -2.34. The number of nitrogens with zero attached hydrogens (tertiary/aromatic N) is 4. The standard InChI is InChI=1S/C34H36FN7O5S/c1-21(2)32(43)46-16-11-37-34(45)42-14-12-41(13-15-42)20-22-3-7-26(38-19-22)30-18-27-31(48-30)29(9-10-36-27)47-28-8-6-24(17-25(28)35)40-33(44)39-23-4-5-23/h3,6-10,17-19,23H,1,4-5,11-16,20H2,2H3,(H,37,45)(H2,39,40,44). The largest absolute Gasteiger partial charge is 0.460 e. The van der Waals surface area contributed by atoms with E-state index in [4.69, 9.17) is 14.5 Å². The van der Waals surface area contributed by atoms with Crippen LogP contribution in [0.25, 0.3) is 20.8 Å². The number of piperazine rings is 1. The highest BCUT2D eigenvalue weighted by Crippen LogP contribution is 2.39. The number of anilines is 1. The van der Waals surface area contributed by atoms with E-state index < -0.39 is 11.8 Å². The van der Waals surface area contributed by atoms with E-state index in [9.17, 15) is 18.8 Å². The first-order valence-corrected chi connectivity index (χ1v) is 16.5. The Morgan fingerprint density at radius 3 is 2.56 bits per heavy atom. The molecule has 1 saturated heterocycles. The highest BCUT2D eigenvalue weighted by atomic mass is 32.1. The van der Waals surface area contributed by atoms with Crippen LogP contribution in [-0.4, -0.2) is 83.2 Å². The number of pyridine rings is 2. The molecule has 12 nitrogen and oxygen atoms in total. The second-order valence-corrected chi connectivity index (χ2v) is 12.8. The molecule has 1 aliphatic carbocycles. The van der Waals surface area contributed by atoms with E-state index in [-0.39, 0.29) is 37.0 Å². The van der Waals surface area contributed by atoms with Crippen molar-refractivity contribution in [3.8, 4) is 22.1 Å². The Morgan fingerprint density at radius 2 is 1.85 bits per heavy atom. The van der Waals surface area contributed by atoms with Crippen molar-refractivity contribution in [1.82, 2.24) is 30.4 Å². The smallest absolute Gasteiger partial charge is 0.333 e. The Kier molecular flexibility index (Phi) is 10.1. The zero-order chi connectivity index (χ0) is 33.6. The van der Waals surface area contributed by atoms with E-state index in [1.165, 1.54) is 23.5 Å². The quantitative estimate of drug-likeness (QED) is 0.108. The van der Waals surface area contributed by atoms with Crippen LogP contribution in [0.1, 0.15) is 25.3 Å². The van der Waals surface area contributed by atoms with Gasteiger partial charge in [-0.15, -0.1) is 11.3 Å². The van der Waals surface area contributed by atoms with E-state index >= 15 is 0 Å². The molecule has 4 heterocycles. The third kappa shape index (κ3) is 8.44. The molecule has 0 atom stereocenters. The van der Waals surface area contributed by atoms with Crippen LogP contribution in [0.4, 0.5) is 19.7 Å². The van der Waals surface area contributed by atoms with E-state index in [0.29, 0.717) is 42.2 Å². The summed E-state index contributed by atoms with van der Waals surface area (Å²) in [7, 11) is 0. The average molecular weight is 674 g/mol. The summed E-state index contributed by atoms with van der Waals surface area (Å²) in [6.45, 7) is 8.78. The minimum Gasteiger partial charge on any atom is -0.460 e. The number of benzene rings is 1. The molecule has 6 rings (SSSR count). The molecular formula is C34H36FN7O5S. The summed E-state index contributed by atoms with van der Waals surface area (Å²) in [4.78, 5) is 50.0. The van der Waals surface area contributed by atoms with Gasteiger partial charge in [-0.2, -0.15) is 0 Å². The maximum absolute atomic E-state index is 14.9. The molecule has 0 spiro atoms. The summed E-state index contributed by atoms with van der Waals surface area (Å²) < 4.78 is 26.7. The lowest BCUT2D eigenvalue weighted by atomic mass is 10.2. The Morgan fingerprint density at radius 1 is 1.04 bits per heavy atom. The summed E-state index contributed by atoms with van der Waals surface area (Å²) in [5.74, 6) is -0.557. The molecule has 250 valence electrons. The van der Waals surface area contributed by atoms with E-state index in [2.05, 4.69) is 32.4 Å². The average Bonchev–Trinajstić information content (AvgIpc) is 3.78. The number of rotatable bonds is 11. The second-order valence-electron chi connectivity index (χ2n) is 11.7. The number of esters is 1. The van der Waals surface area contributed by atoms with Crippen molar-refractivity contribution in [2.24, 2.45) is 0 Å². The van der Waals surface area contributed by atoms with Crippen molar-refractivity contribution in [2.75, 3.05) is 44.6 Å². The predicted molar refractivity (Wildman–Crippen MR) is 181 cm³/mol. The third-order valence-corrected chi connectivity index (χ3v) is 8.96. The molecule has 14 heteroatoms. The second kappa shape index (κ2) is 14.8. The normalized spacial score (nSPS) is 14.8. The van der Waals surface area contributed by atoms with Gasteiger partial charge in [0, 0.05) is 74.6 Å². The molecule has 3 N–H and O–H groups in total. The number of aromatic nitrogens is 2. The SMILES string of the molecule is C=C(C)C(=O)OCCNC(=O)N1CCN(Cc2ccc(-c3cc4nccc(Oc5ccc(NC(=O)NC6CC6)cc5F)c4s3)nc2)CC1. The molecule has 0 unspecified atom stereocenters. The molecule has 3 aromatic heterocycles. The van der Waals surface area contributed by atoms with Gasteiger partial charge in [0.05, 0.1) is 27.3 Å². The predicted octanol–water partition coefficient (Wildman–Crippen LogP) is 5.52. The minimum absolute atomic E-state index is 0.0381. The Labute approximate surface area is 280 Å². The summed E-state index contributed by atoms with van der Waals surface area (Å²) in [5, 5.41) is 8.24. The number of fused-ring (bicyclic) bond motifs is 1. The maximum Gasteiger partial charge on any atom is 0.333 e. The number of thiophene rings is 1. The van der Waals surface area contributed by atoms with Crippen molar-refractivity contribution in [1.29, 1.82) is 0 Å². The number of ether oxygens (including phenoxy) is 2. The molecule has 2 aliphatic rings. The fraction of sp³-hybridized carbons (Fsp3) is 0.324. The van der Waals surface area contributed by atoms with Crippen molar-refractivity contribution in [3.05, 3.63) is 78.4 Å². The Bertz CT molecular complexity index is 1820. The number of halogens is 1. The van der Waals surface area contributed by atoms with Crippen molar-refractivity contribution < 1.29 is 28.2 Å². The first-order chi connectivity index (χ1) is 23.2. The first kappa shape index (κ1) is 32.8. The van der Waals surface area contributed by atoms with Gasteiger partial charge in [-0.05, 0) is 49.6 Å². The summed E-state index contributed by atoms with van der Waals surface area (Å²) >= 11 is 1.46. The lowest BCUT2D eigenvalue weighted by Crippen LogP contribution is -2.51. The van der Waals surface area contributed by atoms with Crippen LogP contribution in [0, 0.1) is 5.82 Å². The molecule has 1 saturated carbocycles. The van der Waals surface area contributed by atoms with Gasteiger partial charge in [-0.25, -0.2) is 18.8 Å². The summed E-state index contributed by atoms with van der Waals surface area (Å²) in [5.41, 5.74) is 3.21. The number of hydrogen-bond donors (Lipinski definition) is 3. The zero-order valence-electron chi connectivity index (χ0n) is 26.5. The number of carbonyl (C=O) groups excluding carboxylic acids is 3. The zero-order valence-corrected chi connectivity index (χ0v) is 27.3. The van der Waals surface area contributed by atoms with Gasteiger partial charge in [0.2, 0.25) is 0 Å². The van der Waals surface area contributed by atoms with Gasteiger partial charge < -0.3 is 30.3 Å². The van der Waals surface area contributed by atoms with E-state index in [1.54, 1.807) is 30.2 Å². The number of urea groups is 2. The third-order valence-electron chi connectivity index (χ3n) is 7.80. The molecule has 1 aliphatic heterocycles. The van der Waals surface area contributed by atoms with Crippen LogP contribution in [-0.2, 0) is 16.1 Å². The van der Waals surface area contributed by atoms with Crippen LogP contribution in [0.15, 0.2) is 67.0 Å². The highest BCUT2D eigenvalue weighted by Gasteiger charge is 2.24. The molecule has 4 amide bonds. The van der Waals surface area contributed by atoms with Crippen molar-refractivity contribution in [3.63, 3.8) is 0 Å². The first-order valence-electron chi connectivity index (χ1n) is 15.7. The topological polar surface area (TPSA) is 138 Å².